The second-order valence-electron chi connectivity index (χ2n) is 11.4. The van der Waals surface area contributed by atoms with Gasteiger partial charge in [-0.1, -0.05) is 24.8 Å². The van der Waals surface area contributed by atoms with Gasteiger partial charge < -0.3 is 19.0 Å². The van der Waals surface area contributed by atoms with Gasteiger partial charge in [0.2, 0.25) is 11.4 Å². The Morgan fingerprint density at radius 1 is 1.24 bits per heavy atom. The number of ketones is 1. The molecule has 1 aromatic rings. The normalized spacial score (nSPS) is 48.2. The number of ether oxygens (including phenoxy) is 2. The van der Waals surface area contributed by atoms with E-state index in [1.54, 1.807) is 26.0 Å². The van der Waals surface area contributed by atoms with Crippen molar-refractivity contribution in [1.82, 2.24) is 0 Å². The summed E-state index contributed by atoms with van der Waals surface area (Å²) in [4.78, 5) is 25.6. The number of hydrogen-bond donors (Lipinski definition) is 1. The maximum absolute atomic E-state index is 17.4. The van der Waals surface area contributed by atoms with Crippen LogP contribution in [-0.4, -0.2) is 51.7 Å². The first-order valence-electron chi connectivity index (χ1n) is 12.5. The Hall–Kier alpha value is -1.88. The number of hydrogen-bond acceptors (Lipinski definition) is 7. The number of furan rings is 1. The molecule has 1 saturated heterocycles. The fourth-order valence-electron chi connectivity index (χ4n) is 8.16. The quantitative estimate of drug-likeness (QED) is 0.589. The molecular formula is C27H29F3O6S. The van der Waals surface area contributed by atoms with Crippen LogP contribution >= 0.6 is 11.8 Å². The average molecular weight is 539 g/mol. The molecule has 5 aliphatic rings. The number of aryl methyl sites for hydroxylation is 1. The third-order valence-corrected chi connectivity index (χ3v) is 10.5. The summed E-state index contributed by atoms with van der Waals surface area (Å²) in [5.74, 6) is -1.07. The summed E-state index contributed by atoms with van der Waals surface area (Å²) in [6, 6.07) is 2.41. The molecule has 10 heteroatoms. The highest BCUT2D eigenvalue weighted by Gasteiger charge is 2.80. The molecule has 6 rings (SSSR count). The predicted molar refractivity (Wildman–Crippen MR) is 127 cm³/mol. The molecular weight excluding hydrogens is 509 g/mol. The van der Waals surface area contributed by atoms with Gasteiger partial charge in [0.25, 0.3) is 0 Å². The summed E-state index contributed by atoms with van der Waals surface area (Å²) in [5.41, 5.74) is -6.68. The number of aliphatic hydroxyl groups is 1. The molecule has 6 nitrogen and oxygen atoms in total. The highest BCUT2D eigenvalue weighted by molar-refractivity contribution is 8.13. The number of rotatable bonds is 3. The lowest BCUT2D eigenvalue weighted by atomic mass is 9.44. The predicted octanol–water partition coefficient (Wildman–Crippen LogP) is 4.86. The monoisotopic (exact) mass is 538 g/mol. The van der Waals surface area contributed by atoms with Gasteiger partial charge in [0.05, 0.1) is 12.2 Å². The van der Waals surface area contributed by atoms with Gasteiger partial charge in [-0.2, -0.15) is 0 Å². The smallest absolute Gasteiger partial charge is 0.226 e. The van der Waals surface area contributed by atoms with E-state index in [4.69, 9.17) is 13.9 Å². The van der Waals surface area contributed by atoms with Gasteiger partial charge in [-0.05, 0) is 68.9 Å². The summed E-state index contributed by atoms with van der Waals surface area (Å²) < 4.78 is 64.7. The molecule has 1 aliphatic heterocycles. The number of halogens is 3. The fraction of sp³-hybridized carbons (Fsp3) is 0.630. The van der Waals surface area contributed by atoms with E-state index in [-0.39, 0.29) is 24.8 Å². The third kappa shape index (κ3) is 3.01. The topological polar surface area (TPSA) is 86.0 Å². The van der Waals surface area contributed by atoms with Crippen LogP contribution in [0.4, 0.5) is 13.2 Å². The summed E-state index contributed by atoms with van der Waals surface area (Å²) in [7, 11) is 0. The lowest BCUT2D eigenvalue weighted by Gasteiger charge is -2.63. The van der Waals surface area contributed by atoms with Crippen LogP contribution in [0, 0.1) is 29.6 Å². The number of fused-ring (bicyclic) bond motifs is 7. The van der Waals surface area contributed by atoms with Crippen LogP contribution in [0.5, 0.6) is 0 Å². The Morgan fingerprint density at radius 3 is 2.68 bits per heavy atom. The van der Waals surface area contributed by atoms with Gasteiger partial charge in [0.1, 0.15) is 17.9 Å². The number of carbonyl (C=O) groups excluding carboxylic acids is 2. The van der Waals surface area contributed by atoms with Crippen LogP contribution in [0.25, 0.3) is 0 Å². The summed E-state index contributed by atoms with van der Waals surface area (Å²) in [6.07, 6.45) is -1.67. The fourth-order valence-corrected chi connectivity index (χ4v) is 8.89. The maximum atomic E-state index is 17.4. The van der Waals surface area contributed by atoms with Gasteiger partial charge in [-0.25, -0.2) is 13.2 Å². The molecule has 200 valence electrons. The summed E-state index contributed by atoms with van der Waals surface area (Å²) >= 11 is 0.452. The highest BCUT2D eigenvalue weighted by Crippen LogP contribution is 2.73. The third-order valence-electron chi connectivity index (χ3n) is 9.85. The number of carbonyl (C=O) groups is 2. The standard InChI is InChI=1S/C27H29F3O6S/c1-13-4-5-19(34-13)22-35-21-10-15-16-9-18(29)17-8-14(31)6-7-24(17,2)26(16,30)20(32)11-25(15,3)27(21,36-22)23(33)37-12-28/h4-8,15-16,18,20-22,32H,9-12H2,1-3H3/t15-,16-,18-,20-,21+,22-,24-,25-,26-,27-/m0/s1. The first-order chi connectivity index (χ1) is 17.4. The van der Waals surface area contributed by atoms with Gasteiger partial charge in [0, 0.05) is 16.7 Å². The Morgan fingerprint density at radius 2 is 2.00 bits per heavy atom. The molecule has 0 spiro atoms. The van der Waals surface area contributed by atoms with Crippen molar-refractivity contribution in [3.05, 3.63) is 47.5 Å². The highest BCUT2D eigenvalue weighted by atomic mass is 32.2. The Bertz CT molecular complexity index is 1230. The molecule has 37 heavy (non-hydrogen) atoms. The van der Waals surface area contributed by atoms with Crippen LogP contribution in [0.15, 0.2) is 40.4 Å². The van der Waals surface area contributed by atoms with Crippen molar-refractivity contribution in [3.8, 4) is 0 Å². The molecule has 1 aromatic heterocycles. The molecule has 2 heterocycles. The van der Waals surface area contributed by atoms with Crippen molar-refractivity contribution in [3.63, 3.8) is 0 Å². The van der Waals surface area contributed by atoms with Crippen LogP contribution < -0.4 is 0 Å². The number of thioether (sulfide) groups is 1. The lowest BCUT2D eigenvalue weighted by molar-refractivity contribution is -0.233. The number of allylic oxidation sites excluding steroid dienone is 4. The largest absolute Gasteiger partial charge is 0.461 e. The van der Waals surface area contributed by atoms with Gasteiger partial charge in [-0.15, -0.1) is 0 Å². The zero-order valence-corrected chi connectivity index (χ0v) is 21.5. The zero-order chi connectivity index (χ0) is 26.5. The van der Waals surface area contributed by atoms with Crippen molar-refractivity contribution in [2.24, 2.45) is 22.7 Å². The summed E-state index contributed by atoms with van der Waals surface area (Å²) in [6.45, 7) is 5.00. The van der Waals surface area contributed by atoms with Crippen LogP contribution in [0.3, 0.4) is 0 Å². The van der Waals surface area contributed by atoms with E-state index >= 15 is 8.78 Å². The minimum absolute atomic E-state index is 0.0270. The number of aliphatic hydroxyl groups excluding tert-OH is 1. The molecule has 0 unspecified atom stereocenters. The second-order valence-corrected chi connectivity index (χ2v) is 12.3. The molecule has 0 aromatic carbocycles. The molecule has 3 saturated carbocycles. The molecule has 4 fully saturated rings. The first kappa shape index (κ1) is 25.4. The van der Waals surface area contributed by atoms with E-state index in [1.165, 1.54) is 19.1 Å². The SMILES string of the molecule is Cc1ccc([C@H]2O[C@@H]3C[C@H]4[C@@H]5C[C@H](F)C6=CC(=O)C=C[C@]6(C)[C@@]5(F)[C@@H](O)C[C@]4(C)[C@]3(C(=O)SCF)O2)o1. The van der Waals surface area contributed by atoms with E-state index in [1.807, 2.05) is 0 Å². The molecule has 4 aliphatic carbocycles. The van der Waals surface area contributed by atoms with E-state index in [9.17, 15) is 19.1 Å². The van der Waals surface area contributed by atoms with Crippen molar-refractivity contribution in [1.29, 1.82) is 0 Å². The Kier molecular flexibility index (Phi) is 5.54. The molecule has 0 amide bonds. The molecule has 1 N–H and O–H groups in total. The second kappa shape index (κ2) is 8.07. The Labute approximate surface area is 216 Å². The molecule has 10 atom stereocenters. The van der Waals surface area contributed by atoms with E-state index in [0.717, 1.165) is 6.08 Å². The van der Waals surface area contributed by atoms with Gasteiger partial charge >= 0.3 is 0 Å². The van der Waals surface area contributed by atoms with Crippen molar-refractivity contribution < 1.29 is 41.8 Å². The minimum Gasteiger partial charge on any atom is -0.461 e. The number of alkyl halides is 3. The Balaban J connectivity index is 1.45. The van der Waals surface area contributed by atoms with Crippen molar-refractivity contribution >= 4 is 22.7 Å². The molecule has 0 bridgehead atoms. The maximum Gasteiger partial charge on any atom is 0.226 e. The lowest BCUT2D eigenvalue weighted by Crippen LogP contribution is -2.70. The minimum atomic E-state index is -2.30. The van der Waals surface area contributed by atoms with Crippen molar-refractivity contribution in [2.45, 2.75) is 76.0 Å². The average Bonchev–Trinajstić information content (AvgIpc) is 3.50. The van der Waals surface area contributed by atoms with E-state index in [0.29, 0.717) is 23.3 Å². The van der Waals surface area contributed by atoms with Gasteiger partial charge in [0.15, 0.2) is 22.8 Å². The van der Waals surface area contributed by atoms with Crippen LogP contribution in [-0.2, 0) is 19.1 Å². The van der Waals surface area contributed by atoms with Crippen molar-refractivity contribution in [2.75, 3.05) is 6.01 Å². The zero-order valence-electron chi connectivity index (χ0n) is 20.7. The van der Waals surface area contributed by atoms with E-state index in [2.05, 4.69) is 0 Å². The van der Waals surface area contributed by atoms with E-state index < -0.39 is 75.5 Å². The molecule has 0 radical (unpaired) electrons. The van der Waals surface area contributed by atoms with Gasteiger partial charge in [-0.3, -0.25) is 9.59 Å². The van der Waals surface area contributed by atoms with Crippen LogP contribution in [0.2, 0.25) is 0 Å². The van der Waals surface area contributed by atoms with Crippen LogP contribution in [0.1, 0.15) is 50.9 Å². The first-order valence-corrected chi connectivity index (χ1v) is 13.5. The summed E-state index contributed by atoms with van der Waals surface area (Å²) in [5, 5.41) is 10.9.